The van der Waals surface area contributed by atoms with Crippen molar-refractivity contribution in [3.63, 3.8) is 0 Å². The Labute approximate surface area is 130 Å². The maximum Gasteiger partial charge on any atom is 0.0643 e. The number of rotatable bonds is 5. The molecular formula is C17H19Cl2N. The topological polar surface area (TPSA) is 12.0 Å². The zero-order chi connectivity index (χ0) is 14.5. The Morgan fingerprint density at radius 2 is 1.70 bits per heavy atom. The zero-order valence-electron chi connectivity index (χ0n) is 11.8. The van der Waals surface area contributed by atoms with Crippen LogP contribution in [0.5, 0.6) is 0 Å². The molecule has 0 aliphatic heterocycles. The third-order valence-corrected chi connectivity index (χ3v) is 4.26. The van der Waals surface area contributed by atoms with Gasteiger partial charge in [0.05, 0.1) is 16.1 Å². The van der Waals surface area contributed by atoms with Crippen LogP contribution in [-0.2, 0) is 6.42 Å². The Hall–Kier alpha value is -1.02. The van der Waals surface area contributed by atoms with Crippen molar-refractivity contribution in [2.75, 3.05) is 6.54 Å². The zero-order valence-corrected chi connectivity index (χ0v) is 13.3. The summed E-state index contributed by atoms with van der Waals surface area (Å²) in [5.74, 6) is 0. The molecule has 0 aliphatic carbocycles. The van der Waals surface area contributed by atoms with E-state index in [1.807, 2.05) is 18.2 Å². The maximum absolute atomic E-state index is 6.36. The summed E-state index contributed by atoms with van der Waals surface area (Å²) >= 11 is 12.5. The summed E-state index contributed by atoms with van der Waals surface area (Å²) in [6.45, 7) is 5.11. The highest BCUT2D eigenvalue weighted by Crippen LogP contribution is 2.33. The molecule has 1 unspecified atom stereocenters. The smallest absolute Gasteiger partial charge is 0.0643 e. The quantitative estimate of drug-likeness (QED) is 0.795. The molecule has 1 nitrogen and oxygen atoms in total. The van der Waals surface area contributed by atoms with Gasteiger partial charge in [0.15, 0.2) is 0 Å². The highest BCUT2D eigenvalue weighted by atomic mass is 35.5. The molecule has 0 amide bonds. The van der Waals surface area contributed by atoms with E-state index in [0.29, 0.717) is 10.0 Å². The standard InChI is InChI=1S/C17H19Cl2N/c1-3-12-8-10-13(11-9-12)17(20-4-2)14-6-5-7-15(18)16(14)19/h5-11,17,20H,3-4H2,1-2H3. The molecule has 0 spiro atoms. The molecular weight excluding hydrogens is 289 g/mol. The third-order valence-electron chi connectivity index (χ3n) is 3.42. The van der Waals surface area contributed by atoms with Gasteiger partial charge in [0.25, 0.3) is 0 Å². The van der Waals surface area contributed by atoms with Crippen LogP contribution >= 0.6 is 23.2 Å². The minimum absolute atomic E-state index is 0.0668. The van der Waals surface area contributed by atoms with E-state index in [-0.39, 0.29) is 6.04 Å². The van der Waals surface area contributed by atoms with Gasteiger partial charge in [-0.05, 0) is 35.7 Å². The number of benzene rings is 2. The van der Waals surface area contributed by atoms with Gasteiger partial charge in [-0.3, -0.25) is 0 Å². The number of aryl methyl sites for hydroxylation is 1. The first-order valence-corrected chi connectivity index (χ1v) is 7.69. The molecule has 1 atom stereocenters. The van der Waals surface area contributed by atoms with Crippen LogP contribution in [0, 0.1) is 0 Å². The minimum Gasteiger partial charge on any atom is -0.306 e. The molecule has 3 heteroatoms. The van der Waals surface area contributed by atoms with Crippen molar-refractivity contribution < 1.29 is 0 Å². The van der Waals surface area contributed by atoms with Crippen molar-refractivity contribution in [2.24, 2.45) is 0 Å². The lowest BCUT2D eigenvalue weighted by molar-refractivity contribution is 0.630. The highest BCUT2D eigenvalue weighted by molar-refractivity contribution is 6.42. The van der Waals surface area contributed by atoms with Crippen molar-refractivity contribution in [3.8, 4) is 0 Å². The molecule has 106 valence electrons. The Morgan fingerprint density at radius 1 is 1.00 bits per heavy atom. The van der Waals surface area contributed by atoms with E-state index in [1.165, 1.54) is 11.1 Å². The Bertz CT molecular complexity index is 564. The van der Waals surface area contributed by atoms with Crippen LogP contribution in [0.25, 0.3) is 0 Å². The molecule has 0 saturated carbocycles. The molecule has 0 aliphatic rings. The molecule has 2 rings (SSSR count). The molecule has 0 bridgehead atoms. The van der Waals surface area contributed by atoms with Crippen LogP contribution in [0.1, 0.15) is 36.6 Å². The van der Waals surface area contributed by atoms with E-state index in [9.17, 15) is 0 Å². The van der Waals surface area contributed by atoms with Crippen molar-refractivity contribution in [2.45, 2.75) is 26.3 Å². The van der Waals surface area contributed by atoms with Crippen molar-refractivity contribution in [3.05, 3.63) is 69.2 Å². The van der Waals surface area contributed by atoms with Gasteiger partial charge in [-0.1, -0.05) is 73.4 Å². The fourth-order valence-corrected chi connectivity index (χ4v) is 2.72. The second-order valence-electron chi connectivity index (χ2n) is 4.73. The largest absolute Gasteiger partial charge is 0.306 e. The predicted molar refractivity (Wildman–Crippen MR) is 87.8 cm³/mol. The summed E-state index contributed by atoms with van der Waals surface area (Å²) in [7, 11) is 0. The summed E-state index contributed by atoms with van der Waals surface area (Å²) in [4.78, 5) is 0. The van der Waals surface area contributed by atoms with E-state index in [4.69, 9.17) is 23.2 Å². The number of halogens is 2. The lowest BCUT2D eigenvalue weighted by Gasteiger charge is -2.21. The van der Waals surface area contributed by atoms with Crippen LogP contribution in [0.2, 0.25) is 10.0 Å². The van der Waals surface area contributed by atoms with E-state index in [1.54, 1.807) is 0 Å². The molecule has 1 N–H and O–H groups in total. The van der Waals surface area contributed by atoms with Gasteiger partial charge in [-0.25, -0.2) is 0 Å². The maximum atomic E-state index is 6.36. The van der Waals surface area contributed by atoms with Gasteiger partial charge >= 0.3 is 0 Å². The predicted octanol–water partition coefficient (Wildman–Crippen LogP) is 5.25. The van der Waals surface area contributed by atoms with Gasteiger partial charge < -0.3 is 5.32 Å². The van der Waals surface area contributed by atoms with Gasteiger partial charge in [0.1, 0.15) is 0 Å². The van der Waals surface area contributed by atoms with Gasteiger partial charge in [-0.2, -0.15) is 0 Å². The molecule has 0 heterocycles. The summed E-state index contributed by atoms with van der Waals surface area (Å²) in [6.07, 6.45) is 1.05. The Balaban J connectivity index is 2.41. The van der Waals surface area contributed by atoms with Crippen LogP contribution in [0.3, 0.4) is 0 Å². The monoisotopic (exact) mass is 307 g/mol. The fourth-order valence-electron chi connectivity index (χ4n) is 2.30. The minimum atomic E-state index is 0.0668. The van der Waals surface area contributed by atoms with Crippen LogP contribution in [0.4, 0.5) is 0 Å². The molecule has 0 fully saturated rings. The van der Waals surface area contributed by atoms with Crippen molar-refractivity contribution >= 4 is 23.2 Å². The lowest BCUT2D eigenvalue weighted by Crippen LogP contribution is -2.22. The summed E-state index contributed by atoms with van der Waals surface area (Å²) in [5.41, 5.74) is 3.56. The lowest BCUT2D eigenvalue weighted by atomic mass is 9.97. The first-order valence-electron chi connectivity index (χ1n) is 6.93. The normalized spacial score (nSPS) is 12.4. The molecule has 0 saturated heterocycles. The van der Waals surface area contributed by atoms with E-state index in [2.05, 4.69) is 43.4 Å². The van der Waals surface area contributed by atoms with Crippen LogP contribution in [-0.4, -0.2) is 6.54 Å². The third kappa shape index (κ3) is 3.35. The van der Waals surface area contributed by atoms with Crippen molar-refractivity contribution in [1.29, 1.82) is 0 Å². The average molecular weight is 308 g/mol. The second-order valence-corrected chi connectivity index (χ2v) is 5.51. The molecule has 0 radical (unpaired) electrons. The first kappa shape index (κ1) is 15.4. The van der Waals surface area contributed by atoms with Crippen LogP contribution < -0.4 is 5.32 Å². The summed E-state index contributed by atoms with van der Waals surface area (Å²) in [5, 5.41) is 4.70. The molecule has 20 heavy (non-hydrogen) atoms. The van der Waals surface area contributed by atoms with Crippen molar-refractivity contribution in [1.82, 2.24) is 5.32 Å². The van der Waals surface area contributed by atoms with Gasteiger partial charge in [0, 0.05) is 0 Å². The first-order chi connectivity index (χ1) is 9.67. The number of hydrogen-bond donors (Lipinski definition) is 1. The van der Waals surface area contributed by atoms with E-state index >= 15 is 0 Å². The second kappa shape index (κ2) is 7.12. The summed E-state index contributed by atoms with van der Waals surface area (Å²) in [6, 6.07) is 14.5. The SMILES string of the molecule is CCNC(c1ccc(CC)cc1)c1cccc(Cl)c1Cl. The highest BCUT2D eigenvalue weighted by Gasteiger charge is 2.17. The summed E-state index contributed by atoms with van der Waals surface area (Å²) < 4.78 is 0. The average Bonchev–Trinajstić information content (AvgIpc) is 2.48. The van der Waals surface area contributed by atoms with E-state index < -0.39 is 0 Å². The van der Waals surface area contributed by atoms with Gasteiger partial charge in [0.2, 0.25) is 0 Å². The molecule has 2 aromatic carbocycles. The molecule has 0 aromatic heterocycles. The Morgan fingerprint density at radius 3 is 2.30 bits per heavy atom. The number of hydrogen-bond acceptors (Lipinski definition) is 1. The Kier molecular flexibility index (Phi) is 5.47. The van der Waals surface area contributed by atoms with Crippen LogP contribution in [0.15, 0.2) is 42.5 Å². The van der Waals surface area contributed by atoms with E-state index in [0.717, 1.165) is 18.5 Å². The number of nitrogens with one attached hydrogen (secondary N) is 1. The fraction of sp³-hybridized carbons (Fsp3) is 0.294. The molecule has 2 aromatic rings. The van der Waals surface area contributed by atoms with Gasteiger partial charge in [-0.15, -0.1) is 0 Å².